The van der Waals surface area contributed by atoms with E-state index < -0.39 is 29.4 Å². The Labute approximate surface area is 302 Å². The molecular weight excluding hydrogens is 670 g/mol. The van der Waals surface area contributed by atoms with Gasteiger partial charge in [-0.15, -0.1) is 0 Å². The number of fused-ring (bicyclic) bond motifs is 2. The largest absolute Gasteiger partial charge is 0.494 e. The lowest BCUT2D eigenvalue weighted by atomic mass is 10.1. The molecule has 0 unspecified atom stereocenters. The summed E-state index contributed by atoms with van der Waals surface area (Å²) in [4.78, 5) is 59.3. The molecule has 0 aliphatic carbocycles. The van der Waals surface area contributed by atoms with Gasteiger partial charge in [0.2, 0.25) is 23.7 Å². The molecule has 0 radical (unpaired) electrons. The number of anilines is 2. The van der Waals surface area contributed by atoms with E-state index in [4.69, 9.17) is 31.4 Å². The molecule has 2 aromatic heterocycles. The smallest absolute Gasteiger partial charge is 0.410 e. The van der Waals surface area contributed by atoms with Crippen molar-refractivity contribution in [1.29, 1.82) is 0 Å². The molecule has 0 spiro atoms. The molecule has 2 heterocycles. The van der Waals surface area contributed by atoms with Crippen LogP contribution in [0.3, 0.4) is 0 Å². The number of allylic oxidation sites excluding steroid dienone is 2. The predicted molar refractivity (Wildman–Crippen MR) is 200 cm³/mol. The highest BCUT2D eigenvalue weighted by atomic mass is 16.6. The van der Waals surface area contributed by atoms with E-state index in [1.54, 1.807) is 43.9 Å². The molecule has 16 heteroatoms. The normalized spacial score (nSPS) is 11.2. The van der Waals surface area contributed by atoms with Gasteiger partial charge in [0, 0.05) is 43.4 Å². The number of carbonyl (C=O) groups is 4. The molecule has 2 aromatic carbocycles. The lowest BCUT2D eigenvalue weighted by Gasteiger charge is -2.24. The van der Waals surface area contributed by atoms with Crippen LogP contribution in [0.4, 0.5) is 16.7 Å². The number of nitrogen functional groups attached to an aromatic ring is 1. The number of primary amides is 2. The van der Waals surface area contributed by atoms with Gasteiger partial charge in [0.25, 0.3) is 5.91 Å². The van der Waals surface area contributed by atoms with Crippen molar-refractivity contribution in [1.82, 2.24) is 24.0 Å². The minimum atomic E-state index is -0.657. The number of methoxy groups -OCH3 is 1. The van der Waals surface area contributed by atoms with Crippen molar-refractivity contribution in [3.63, 3.8) is 0 Å². The van der Waals surface area contributed by atoms with Crippen LogP contribution in [-0.2, 0) is 22.6 Å². The van der Waals surface area contributed by atoms with Gasteiger partial charge in [-0.2, -0.15) is 0 Å². The highest BCUT2D eigenvalue weighted by molar-refractivity contribution is 6.04. The van der Waals surface area contributed by atoms with Gasteiger partial charge in [0.15, 0.2) is 0 Å². The maximum Gasteiger partial charge on any atom is 0.410 e. The number of benzene rings is 2. The van der Waals surface area contributed by atoms with Crippen LogP contribution in [0.5, 0.6) is 11.5 Å². The summed E-state index contributed by atoms with van der Waals surface area (Å²) < 4.78 is 20.5. The third-order valence-corrected chi connectivity index (χ3v) is 7.39. The van der Waals surface area contributed by atoms with E-state index in [0.717, 1.165) is 0 Å². The standard InChI is InChI=1S/C34H43N9O7.C2H6/c1-19(2)30(46)40-32-39-23-16-20(28(35)44)17-24(48-7)26(23)43(32)13-9-8-12-42-27-22(38-31(42)37)15-21(29(36)45)18-25(27)49-14-10-11-41(6)33(47)50-34(3,4)5;1-2/h8-9,15-18H,1,10-14H2,2-7H3,(H2,35,44)(H2,36,45)(H2,37,38)(H,39,40,46);1-2H3/b9-8+;. The number of rotatable bonds is 14. The SMILES string of the molecule is C=C(C)C(=O)Nc1nc2cc(C(N)=O)cc(OC)c2n1C/C=C/Cn1c(N)nc2cc(C(N)=O)cc(OCCCN(C)C(=O)OC(C)(C)C)c21.CC. The van der Waals surface area contributed by atoms with Crippen LogP contribution in [0, 0.1) is 0 Å². The van der Waals surface area contributed by atoms with Gasteiger partial charge in [0.05, 0.1) is 24.8 Å². The molecule has 280 valence electrons. The number of aromatic nitrogens is 4. The molecule has 52 heavy (non-hydrogen) atoms. The number of hydrogen-bond donors (Lipinski definition) is 4. The van der Waals surface area contributed by atoms with Crippen molar-refractivity contribution < 1.29 is 33.4 Å². The topological polar surface area (TPSA) is 225 Å². The Bertz CT molecular complexity index is 2000. The summed E-state index contributed by atoms with van der Waals surface area (Å²) in [5.74, 6) is -0.694. The van der Waals surface area contributed by atoms with Gasteiger partial charge < -0.3 is 45.4 Å². The lowest BCUT2D eigenvalue weighted by molar-refractivity contribution is -0.112. The van der Waals surface area contributed by atoms with Crippen LogP contribution in [0.2, 0.25) is 0 Å². The van der Waals surface area contributed by atoms with Gasteiger partial charge in [-0.1, -0.05) is 32.6 Å². The van der Waals surface area contributed by atoms with Gasteiger partial charge >= 0.3 is 6.09 Å². The Kier molecular flexibility index (Phi) is 13.4. The molecule has 4 rings (SSSR count). The van der Waals surface area contributed by atoms with E-state index in [0.29, 0.717) is 46.5 Å². The van der Waals surface area contributed by atoms with Crippen LogP contribution >= 0.6 is 0 Å². The summed E-state index contributed by atoms with van der Waals surface area (Å²) in [6.07, 6.45) is 3.68. The number of amides is 4. The molecular formula is C36H49N9O7. The molecule has 0 saturated heterocycles. The third-order valence-electron chi connectivity index (χ3n) is 7.39. The quantitative estimate of drug-likeness (QED) is 0.0804. The Morgan fingerprint density at radius 1 is 0.923 bits per heavy atom. The molecule has 0 aliphatic rings. The average Bonchev–Trinajstić information content (AvgIpc) is 3.59. The molecule has 0 bridgehead atoms. The van der Waals surface area contributed by atoms with Crippen molar-refractivity contribution >= 4 is 57.8 Å². The first-order chi connectivity index (χ1) is 24.5. The van der Waals surface area contributed by atoms with E-state index in [1.165, 1.54) is 36.3 Å². The second-order valence-electron chi connectivity index (χ2n) is 12.6. The van der Waals surface area contributed by atoms with Crippen molar-refractivity contribution in [2.45, 2.75) is 66.7 Å². The zero-order valence-electron chi connectivity index (χ0n) is 31.0. The molecule has 0 fully saturated rings. The summed E-state index contributed by atoms with van der Waals surface area (Å²) in [5, 5.41) is 2.75. The molecule has 4 amide bonds. The Morgan fingerprint density at radius 2 is 1.46 bits per heavy atom. The highest BCUT2D eigenvalue weighted by Gasteiger charge is 2.21. The first-order valence-corrected chi connectivity index (χ1v) is 16.7. The molecule has 4 aromatic rings. The summed E-state index contributed by atoms with van der Waals surface area (Å²) in [5.41, 5.74) is 19.3. The lowest BCUT2D eigenvalue weighted by Crippen LogP contribution is -2.35. The van der Waals surface area contributed by atoms with Crippen molar-refractivity contribution in [2.24, 2.45) is 11.5 Å². The fraction of sp³-hybridized carbons (Fsp3) is 0.389. The van der Waals surface area contributed by atoms with Gasteiger partial charge in [-0.05, 0) is 58.4 Å². The Morgan fingerprint density at radius 3 is 2.00 bits per heavy atom. The zero-order chi connectivity index (χ0) is 38.9. The predicted octanol–water partition coefficient (Wildman–Crippen LogP) is 4.61. The highest BCUT2D eigenvalue weighted by Crippen LogP contribution is 2.32. The van der Waals surface area contributed by atoms with Crippen molar-refractivity contribution in [3.05, 3.63) is 59.7 Å². The number of ether oxygens (including phenoxy) is 3. The Balaban J connectivity index is 0.00000358. The maximum atomic E-state index is 12.5. The van der Waals surface area contributed by atoms with E-state index >= 15 is 0 Å². The monoisotopic (exact) mass is 719 g/mol. The van der Waals surface area contributed by atoms with Gasteiger partial charge in [-0.3, -0.25) is 19.7 Å². The Hall–Kier alpha value is -6.06. The van der Waals surface area contributed by atoms with E-state index in [9.17, 15) is 19.2 Å². The number of nitrogens with one attached hydrogen (secondary N) is 1. The number of carbonyl (C=O) groups excluding carboxylic acids is 4. The minimum absolute atomic E-state index is 0.170. The molecule has 7 N–H and O–H groups in total. The van der Waals surface area contributed by atoms with Crippen LogP contribution in [0.1, 0.15) is 68.7 Å². The maximum absolute atomic E-state index is 12.5. The van der Waals surface area contributed by atoms with Gasteiger partial charge in [0.1, 0.15) is 28.1 Å². The van der Waals surface area contributed by atoms with Crippen molar-refractivity contribution in [3.8, 4) is 11.5 Å². The van der Waals surface area contributed by atoms with E-state index in [1.807, 2.05) is 26.0 Å². The van der Waals surface area contributed by atoms with E-state index in [2.05, 4.69) is 21.9 Å². The summed E-state index contributed by atoms with van der Waals surface area (Å²) >= 11 is 0. The number of nitrogens with zero attached hydrogens (tertiary/aromatic N) is 5. The second-order valence-corrected chi connectivity index (χ2v) is 12.6. The number of nitrogens with two attached hydrogens (primary N) is 3. The summed E-state index contributed by atoms with van der Waals surface area (Å²) in [6.45, 7) is 15.7. The second kappa shape index (κ2) is 17.2. The zero-order valence-corrected chi connectivity index (χ0v) is 31.0. The summed E-state index contributed by atoms with van der Waals surface area (Å²) in [6, 6.07) is 6.10. The van der Waals surface area contributed by atoms with Crippen molar-refractivity contribution in [2.75, 3.05) is 38.4 Å². The van der Waals surface area contributed by atoms with Gasteiger partial charge in [-0.25, -0.2) is 14.8 Å². The third kappa shape index (κ3) is 9.80. The number of imidazole rings is 2. The van der Waals surface area contributed by atoms with Crippen LogP contribution < -0.4 is 32.0 Å². The fourth-order valence-corrected chi connectivity index (χ4v) is 4.97. The summed E-state index contributed by atoms with van der Waals surface area (Å²) in [7, 11) is 3.09. The van der Waals surface area contributed by atoms with E-state index in [-0.39, 0.29) is 48.3 Å². The van der Waals surface area contributed by atoms with Crippen LogP contribution in [-0.4, -0.2) is 80.7 Å². The molecule has 16 nitrogen and oxygen atoms in total. The fourth-order valence-electron chi connectivity index (χ4n) is 4.97. The first kappa shape index (κ1) is 40.4. The minimum Gasteiger partial charge on any atom is -0.494 e. The molecule has 0 atom stereocenters. The number of hydrogen-bond acceptors (Lipinski definition) is 10. The molecule has 0 saturated carbocycles. The van der Waals surface area contributed by atoms with Crippen LogP contribution in [0.15, 0.2) is 48.6 Å². The molecule has 0 aliphatic heterocycles. The average molecular weight is 720 g/mol. The first-order valence-electron chi connectivity index (χ1n) is 16.7. The van der Waals surface area contributed by atoms with Crippen LogP contribution in [0.25, 0.3) is 22.1 Å².